The predicted molar refractivity (Wildman–Crippen MR) is 64.3 cm³/mol. The van der Waals surface area contributed by atoms with Crippen molar-refractivity contribution in [2.45, 2.75) is 51.7 Å². The summed E-state index contributed by atoms with van der Waals surface area (Å²) >= 11 is 0. The van der Waals surface area contributed by atoms with Crippen molar-refractivity contribution in [3.05, 3.63) is 0 Å². The molecule has 0 bridgehead atoms. The topological polar surface area (TPSA) is 69.6 Å². The second kappa shape index (κ2) is 6.59. The summed E-state index contributed by atoms with van der Waals surface area (Å²) in [7, 11) is 0. The lowest BCUT2D eigenvalue weighted by atomic mass is 10.1. The van der Waals surface area contributed by atoms with E-state index in [1.165, 1.54) is 6.92 Å². The van der Waals surface area contributed by atoms with Crippen molar-refractivity contribution in [3.8, 4) is 0 Å². The summed E-state index contributed by atoms with van der Waals surface area (Å²) < 4.78 is 0. The Morgan fingerprint density at radius 3 is 2.35 bits per heavy atom. The molecule has 2 N–H and O–H groups in total. The quantitative estimate of drug-likeness (QED) is 0.743. The van der Waals surface area contributed by atoms with Gasteiger partial charge < -0.3 is 15.3 Å². The van der Waals surface area contributed by atoms with Gasteiger partial charge in [-0.2, -0.15) is 0 Å². The minimum Gasteiger partial charge on any atom is -0.391 e. The molecule has 5 heteroatoms. The molecule has 17 heavy (non-hydrogen) atoms. The lowest BCUT2D eigenvalue weighted by Crippen LogP contribution is -2.54. The lowest BCUT2D eigenvalue weighted by molar-refractivity contribution is -0.140. The number of likely N-dealkylation sites (tertiary alicyclic amines) is 1. The molecule has 0 aromatic carbocycles. The second-order valence-electron chi connectivity index (χ2n) is 4.53. The molecule has 0 aromatic heterocycles. The van der Waals surface area contributed by atoms with Crippen LogP contribution < -0.4 is 5.32 Å². The van der Waals surface area contributed by atoms with Gasteiger partial charge in [-0.3, -0.25) is 9.59 Å². The van der Waals surface area contributed by atoms with Gasteiger partial charge in [0.25, 0.3) is 0 Å². The molecule has 2 amide bonds. The third kappa shape index (κ3) is 4.00. The van der Waals surface area contributed by atoms with E-state index in [0.717, 1.165) is 32.4 Å². The third-order valence-electron chi connectivity index (χ3n) is 3.05. The molecule has 2 atom stereocenters. The summed E-state index contributed by atoms with van der Waals surface area (Å²) in [4.78, 5) is 25.2. The second-order valence-corrected chi connectivity index (χ2v) is 4.53. The van der Waals surface area contributed by atoms with Gasteiger partial charge >= 0.3 is 0 Å². The highest BCUT2D eigenvalue weighted by Crippen LogP contribution is 2.11. The number of carbonyl (C=O) groups excluding carboxylic acids is 2. The highest BCUT2D eigenvalue weighted by molar-refractivity contribution is 5.88. The van der Waals surface area contributed by atoms with Gasteiger partial charge in [0.05, 0.1) is 6.10 Å². The van der Waals surface area contributed by atoms with Crippen LogP contribution in [0, 0.1) is 0 Å². The number of carbonyl (C=O) groups is 2. The van der Waals surface area contributed by atoms with Crippen LogP contribution in [-0.2, 0) is 9.59 Å². The number of aliphatic hydroxyl groups excluding tert-OH is 1. The number of hydrogen-bond donors (Lipinski definition) is 2. The number of nitrogens with zero attached hydrogens (tertiary/aromatic N) is 1. The van der Waals surface area contributed by atoms with Gasteiger partial charge in [0.2, 0.25) is 11.8 Å². The van der Waals surface area contributed by atoms with Crippen molar-refractivity contribution in [2.24, 2.45) is 0 Å². The number of rotatable bonds is 4. The summed E-state index contributed by atoms with van der Waals surface area (Å²) in [5, 5.41) is 12.2. The highest BCUT2D eigenvalue weighted by atomic mass is 16.3. The minimum atomic E-state index is -0.861. The maximum Gasteiger partial charge on any atom is 0.247 e. The maximum atomic E-state index is 12.1. The number of amides is 2. The van der Waals surface area contributed by atoms with E-state index in [1.807, 2.05) is 0 Å². The van der Waals surface area contributed by atoms with Gasteiger partial charge in [-0.1, -0.05) is 6.92 Å². The van der Waals surface area contributed by atoms with Crippen LogP contribution in [0.25, 0.3) is 0 Å². The molecule has 1 aliphatic heterocycles. The van der Waals surface area contributed by atoms with Gasteiger partial charge in [0.1, 0.15) is 6.04 Å². The summed E-state index contributed by atoms with van der Waals surface area (Å²) in [5.74, 6) is -0.372. The third-order valence-corrected chi connectivity index (χ3v) is 3.05. The fourth-order valence-electron chi connectivity index (χ4n) is 1.98. The molecule has 1 fully saturated rings. The van der Waals surface area contributed by atoms with E-state index in [4.69, 9.17) is 0 Å². The van der Waals surface area contributed by atoms with Crippen molar-refractivity contribution in [2.75, 3.05) is 13.1 Å². The van der Waals surface area contributed by atoms with Crippen LogP contribution in [0.4, 0.5) is 0 Å². The van der Waals surface area contributed by atoms with Crippen LogP contribution in [-0.4, -0.2) is 47.1 Å². The Bertz CT molecular complexity index is 273. The Kier molecular flexibility index (Phi) is 5.41. The maximum absolute atomic E-state index is 12.1. The van der Waals surface area contributed by atoms with Crippen LogP contribution in [0.15, 0.2) is 0 Å². The van der Waals surface area contributed by atoms with Gasteiger partial charge in [0.15, 0.2) is 0 Å². The molecule has 1 heterocycles. The van der Waals surface area contributed by atoms with Crippen molar-refractivity contribution in [1.82, 2.24) is 10.2 Å². The molecule has 2 unspecified atom stereocenters. The Morgan fingerprint density at radius 2 is 1.88 bits per heavy atom. The predicted octanol–water partition coefficient (Wildman–Crippen LogP) is 0.274. The normalized spacial score (nSPS) is 19.6. The first-order chi connectivity index (χ1) is 8.06. The minimum absolute atomic E-state index is 0.165. The van der Waals surface area contributed by atoms with E-state index in [9.17, 15) is 14.7 Å². The number of nitrogens with one attached hydrogen (secondary N) is 1. The molecule has 0 radical (unpaired) electrons. The Balaban J connectivity index is 2.62. The molecular formula is C12H22N2O3. The van der Waals surface area contributed by atoms with Gasteiger partial charge in [-0.25, -0.2) is 0 Å². The zero-order valence-corrected chi connectivity index (χ0v) is 10.6. The monoisotopic (exact) mass is 242 g/mol. The highest BCUT2D eigenvalue weighted by Gasteiger charge is 2.29. The first-order valence-electron chi connectivity index (χ1n) is 6.32. The number of hydrogen-bond acceptors (Lipinski definition) is 3. The van der Waals surface area contributed by atoms with Crippen molar-refractivity contribution < 1.29 is 14.7 Å². The summed E-state index contributed by atoms with van der Waals surface area (Å²) in [6.07, 6.45) is 2.60. The number of aliphatic hydroxyl groups is 1. The van der Waals surface area contributed by atoms with E-state index in [2.05, 4.69) is 5.32 Å². The summed E-state index contributed by atoms with van der Waals surface area (Å²) in [6, 6.07) is -0.805. The van der Waals surface area contributed by atoms with Gasteiger partial charge in [0, 0.05) is 19.5 Å². The van der Waals surface area contributed by atoms with Gasteiger partial charge in [-0.15, -0.1) is 0 Å². The molecule has 0 aromatic rings. The molecule has 98 valence electrons. The largest absolute Gasteiger partial charge is 0.391 e. The standard InChI is InChI=1S/C12H22N2O3/c1-3-10(16)13-11(9(2)15)12(17)14-7-5-4-6-8-14/h9,11,15H,3-8H2,1-2H3,(H,13,16). The smallest absolute Gasteiger partial charge is 0.247 e. The summed E-state index contributed by atoms with van der Waals surface area (Å²) in [6.45, 7) is 4.70. The fourth-order valence-corrected chi connectivity index (χ4v) is 1.98. The molecule has 0 aliphatic carbocycles. The Morgan fingerprint density at radius 1 is 1.29 bits per heavy atom. The van der Waals surface area contributed by atoms with E-state index in [0.29, 0.717) is 6.42 Å². The summed E-state index contributed by atoms with van der Waals surface area (Å²) in [5.41, 5.74) is 0. The van der Waals surface area contributed by atoms with Crippen molar-refractivity contribution in [1.29, 1.82) is 0 Å². The molecule has 1 saturated heterocycles. The van der Waals surface area contributed by atoms with Crippen LogP contribution in [0.1, 0.15) is 39.5 Å². The van der Waals surface area contributed by atoms with E-state index in [-0.39, 0.29) is 11.8 Å². The van der Waals surface area contributed by atoms with Crippen molar-refractivity contribution in [3.63, 3.8) is 0 Å². The van der Waals surface area contributed by atoms with Crippen LogP contribution in [0.3, 0.4) is 0 Å². The van der Waals surface area contributed by atoms with E-state index < -0.39 is 12.1 Å². The molecule has 5 nitrogen and oxygen atoms in total. The Labute approximate surface area is 102 Å². The SMILES string of the molecule is CCC(=O)NC(C(=O)N1CCCCC1)C(C)O. The zero-order valence-electron chi connectivity index (χ0n) is 10.6. The van der Waals surface area contributed by atoms with Crippen LogP contribution in [0.2, 0.25) is 0 Å². The molecule has 0 spiro atoms. The van der Waals surface area contributed by atoms with Crippen LogP contribution in [0.5, 0.6) is 0 Å². The van der Waals surface area contributed by atoms with Crippen LogP contribution >= 0.6 is 0 Å². The first-order valence-corrected chi connectivity index (χ1v) is 6.32. The molecule has 0 saturated carbocycles. The lowest BCUT2D eigenvalue weighted by Gasteiger charge is -2.31. The number of piperidine rings is 1. The molecular weight excluding hydrogens is 220 g/mol. The Hall–Kier alpha value is -1.10. The molecule has 1 rings (SSSR count). The first kappa shape index (κ1) is 14.0. The average Bonchev–Trinajstić information content (AvgIpc) is 2.35. The van der Waals surface area contributed by atoms with E-state index >= 15 is 0 Å². The van der Waals surface area contributed by atoms with Gasteiger partial charge in [-0.05, 0) is 26.2 Å². The van der Waals surface area contributed by atoms with Crippen molar-refractivity contribution >= 4 is 11.8 Å². The average molecular weight is 242 g/mol. The zero-order chi connectivity index (χ0) is 12.8. The molecule has 1 aliphatic rings. The van der Waals surface area contributed by atoms with E-state index in [1.54, 1.807) is 11.8 Å². The fraction of sp³-hybridized carbons (Fsp3) is 0.833.